The summed E-state index contributed by atoms with van der Waals surface area (Å²) < 4.78 is 10.8. The standard InChI is InChI=1S/C23H23N3O4/c1-3-29-19-10-6-17(7-11-19)25-22(27)16-5-14-21(24-15-16)23(28)26-18-8-12-20(13-9-18)30-4-2/h5-15H,3-4H2,1-2H3,(H,25,27)(H,26,28). The van der Waals surface area contributed by atoms with Crippen molar-refractivity contribution in [1.82, 2.24) is 4.98 Å². The van der Waals surface area contributed by atoms with Crippen molar-refractivity contribution in [1.29, 1.82) is 0 Å². The monoisotopic (exact) mass is 405 g/mol. The van der Waals surface area contributed by atoms with E-state index in [9.17, 15) is 9.59 Å². The number of pyridine rings is 1. The maximum atomic E-state index is 12.4. The fourth-order valence-electron chi connectivity index (χ4n) is 2.66. The molecule has 2 aromatic carbocycles. The summed E-state index contributed by atoms with van der Waals surface area (Å²) in [5.41, 5.74) is 1.83. The number of benzene rings is 2. The number of hydrogen-bond donors (Lipinski definition) is 2. The number of nitrogens with one attached hydrogen (secondary N) is 2. The van der Waals surface area contributed by atoms with Crippen LogP contribution >= 0.6 is 0 Å². The molecule has 2 amide bonds. The molecule has 1 aromatic heterocycles. The van der Waals surface area contributed by atoms with Crippen molar-refractivity contribution >= 4 is 23.2 Å². The smallest absolute Gasteiger partial charge is 0.274 e. The van der Waals surface area contributed by atoms with Gasteiger partial charge in [-0.3, -0.25) is 14.6 Å². The number of aromatic nitrogens is 1. The van der Waals surface area contributed by atoms with Crippen LogP contribution in [0, 0.1) is 0 Å². The molecule has 3 rings (SSSR count). The molecule has 0 atom stereocenters. The van der Waals surface area contributed by atoms with Crippen LogP contribution in [0.5, 0.6) is 11.5 Å². The van der Waals surface area contributed by atoms with Crippen molar-refractivity contribution in [3.05, 3.63) is 78.1 Å². The number of carbonyl (C=O) groups is 2. The molecule has 154 valence electrons. The first-order valence-corrected chi connectivity index (χ1v) is 9.63. The summed E-state index contributed by atoms with van der Waals surface area (Å²) in [6.45, 7) is 4.97. The third kappa shape index (κ3) is 5.57. The van der Waals surface area contributed by atoms with Gasteiger partial charge >= 0.3 is 0 Å². The van der Waals surface area contributed by atoms with Crippen LogP contribution in [0.4, 0.5) is 11.4 Å². The summed E-state index contributed by atoms with van der Waals surface area (Å²) in [5, 5.41) is 5.55. The van der Waals surface area contributed by atoms with Gasteiger partial charge in [-0.1, -0.05) is 0 Å². The lowest BCUT2D eigenvalue weighted by atomic mass is 10.2. The predicted octanol–water partition coefficient (Wildman–Crippen LogP) is 4.38. The highest BCUT2D eigenvalue weighted by Gasteiger charge is 2.11. The highest BCUT2D eigenvalue weighted by molar-refractivity contribution is 6.06. The molecule has 3 aromatic rings. The maximum absolute atomic E-state index is 12.4. The molecule has 0 radical (unpaired) electrons. The number of nitrogens with zero attached hydrogens (tertiary/aromatic N) is 1. The Labute approximate surface area is 175 Å². The fraction of sp³-hybridized carbons (Fsp3) is 0.174. The molecule has 0 unspecified atom stereocenters. The minimum absolute atomic E-state index is 0.210. The van der Waals surface area contributed by atoms with Crippen molar-refractivity contribution in [3.8, 4) is 11.5 Å². The van der Waals surface area contributed by atoms with E-state index in [1.807, 2.05) is 13.8 Å². The van der Waals surface area contributed by atoms with Crippen LogP contribution in [-0.4, -0.2) is 30.0 Å². The van der Waals surface area contributed by atoms with E-state index >= 15 is 0 Å². The predicted molar refractivity (Wildman–Crippen MR) is 115 cm³/mol. The Morgan fingerprint density at radius 3 is 1.67 bits per heavy atom. The minimum Gasteiger partial charge on any atom is -0.494 e. The van der Waals surface area contributed by atoms with Gasteiger partial charge in [-0.05, 0) is 74.5 Å². The molecule has 7 heteroatoms. The zero-order valence-corrected chi connectivity index (χ0v) is 16.8. The fourth-order valence-corrected chi connectivity index (χ4v) is 2.66. The van der Waals surface area contributed by atoms with Crippen LogP contribution in [0.15, 0.2) is 66.9 Å². The second-order valence-electron chi connectivity index (χ2n) is 6.26. The van der Waals surface area contributed by atoms with Gasteiger partial charge < -0.3 is 20.1 Å². The normalized spacial score (nSPS) is 10.2. The van der Waals surface area contributed by atoms with Crippen molar-refractivity contribution in [3.63, 3.8) is 0 Å². The Kier molecular flexibility index (Phi) is 7.00. The van der Waals surface area contributed by atoms with Gasteiger partial charge in [-0.2, -0.15) is 0 Å². The first kappa shape index (κ1) is 20.9. The summed E-state index contributed by atoms with van der Waals surface area (Å²) >= 11 is 0. The van der Waals surface area contributed by atoms with Crippen LogP contribution in [0.2, 0.25) is 0 Å². The average molecular weight is 405 g/mol. The second-order valence-corrected chi connectivity index (χ2v) is 6.26. The van der Waals surface area contributed by atoms with Crippen molar-refractivity contribution in [2.24, 2.45) is 0 Å². The molecule has 1 heterocycles. The molecule has 0 aliphatic rings. The van der Waals surface area contributed by atoms with Gasteiger partial charge in [0.2, 0.25) is 0 Å². The van der Waals surface area contributed by atoms with Crippen LogP contribution in [0.3, 0.4) is 0 Å². The first-order valence-electron chi connectivity index (χ1n) is 9.63. The highest BCUT2D eigenvalue weighted by atomic mass is 16.5. The summed E-state index contributed by atoms with van der Waals surface area (Å²) in [4.78, 5) is 28.9. The lowest BCUT2D eigenvalue weighted by Gasteiger charge is -2.08. The van der Waals surface area contributed by atoms with Gasteiger partial charge in [0.15, 0.2) is 0 Å². The van der Waals surface area contributed by atoms with Gasteiger partial charge in [0.05, 0.1) is 18.8 Å². The van der Waals surface area contributed by atoms with Gasteiger partial charge in [0.25, 0.3) is 11.8 Å². The molecule has 0 bridgehead atoms. The van der Waals surface area contributed by atoms with Crippen LogP contribution in [0.25, 0.3) is 0 Å². The molecule has 30 heavy (non-hydrogen) atoms. The van der Waals surface area contributed by atoms with E-state index in [-0.39, 0.29) is 17.5 Å². The molecular weight excluding hydrogens is 382 g/mol. The lowest BCUT2D eigenvalue weighted by Crippen LogP contribution is -2.16. The Morgan fingerprint density at radius 2 is 1.23 bits per heavy atom. The van der Waals surface area contributed by atoms with E-state index in [4.69, 9.17) is 9.47 Å². The number of anilines is 2. The number of amides is 2. The third-order valence-corrected chi connectivity index (χ3v) is 4.10. The van der Waals surface area contributed by atoms with Crippen molar-refractivity contribution < 1.29 is 19.1 Å². The largest absolute Gasteiger partial charge is 0.494 e. The number of hydrogen-bond acceptors (Lipinski definition) is 5. The van der Waals surface area contributed by atoms with Gasteiger partial charge in [-0.15, -0.1) is 0 Å². The lowest BCUT2D eigenvalue weighted by molar-refractivity contribution is 0.101. The van der Waals surface area contributed by atoms with E-state index in [2.05, 4.69) is 15.6 Å². The second kappa shape index (κ2) is 10.1. The third-order valence-electron chi connectivity index (χ3n) is 4.10. The van der Waals surface area contributed by atoms with E-state index < -0.39 is 0 Å². The summed E-state index contributed by atoms with van der Waals surface area (Å²) in [7, 11) is 0. The molecule has 0 saturated carbocycles. The zero-order valence-electron chi connectivity index (χ0n) is 16.8. The minimum atomic E-state index is -0.363. The Bertz CT molecular complexity index is 902. The first-order chi connectivity index (χ1) is 14.6. The number of ether oxygens (including phenoxy) is 2. The molecule has 0 saturated heterocycles. The van der Waals surface area contributed by atoms with Gasteiger partial charge in [-0.25, -0.2) is 0 Å². The molecule has 7 nitrogen and oxygen atoms in total. The maximum Gasteiger partial charge on any atom is 0.274 e. The quantitative estimate of drug-likeness (QED) is 0.580. The average Bonchev–Trinajstić information content (AvgIpc) is 2.77. The van der Waals surface area contributed by atoms with Crippen LogP contribution in [0.1, 0.15) is 34.7 Å². The Morgan fingerprint density at radius 1 is 0.733 bits per heavy atom. The molecular formula is C23H23N3O4. The van der Waals surface area contributed by atoms with E-state index in [0.29, 0.717) is 30.2 Å². The number of carbonyl (C=O) groups excluding carboxylic acids is 2. The summed E-state index contributed by atoms with van der Waals surface area (Å²) in [5.74, 6) is 0.791. The van der Waals surface area contributed by atoms with Crippen LogP contribution in [-0.2, 0) is 0 Å². The van der Waals surface area contributed by atoms with Gasteiger partial charge in [0, 0.05) is 17.6 Å². The van der Waals surface area contributed by atoms with Crippen LogP contribution < -0.4 is 20.1 Å². The molecule has 0 aliphatic heterocycles. The molecule has 0 spiro atoms. The molecule has 0 aliphatic carbocycles. The zero-order chi connectivity index (χ0) is 21.3. The number of rotatable bonds is 8. The van der Waals surface area contributed by atoms with E-state index in [1.165, 1.54) is 12.3 Å². The van der Waals surface area contributed by atoms with Gasteiger partial charge in [0.1, 0.15) is 17.2 Å². The van der Waals surface area contributed by atoms with E-state index in [1.54, 1.807) is 54.6 Å². The SMILES string of the molecule is CCOc1ccc(NC(=O)c2ccc(C(=O)Nc3ccc(OCC)cc3)nc2)cc1. The molecule has 2 N–H and O–H groups in total. The Balaban J connectivity index is 1.59. The van der Waals surface area contributed by atoms with Crippen molar-refractivity contribution in [2.75, 3.05) is 23.8 Å². The van der Waals surface area contributed by atoms with E-state index in [0.717, 1.165) is 11.5 Å². The Hall–Kier alpha value is -3.87. The highest BCUT2D eigenvalue weighted by Crippen LogP contribution is 2.18. The summed E-state index contributed by atoms with van der Waals surface area (Å²) in [6, 6.07) is 17.2. The topological polar surface area (TPSA) is 89.5 Å². The summed E-state index contributed by atoms with van der Waals surface area (Å²) in [6.07, 6.45) is 1.37. The van der Waals surface area contributed by atoms with Crippen molar-refractivity contribution in [2.45, 2.75) is 13.8 Å². The molecule has 0 fully saturated rings.